The van der Waals surface area contributed by atoms with Gasteiger partial charge in [0, 0.05) is 6.54 Å². The average Bonchev–Trinajstić information content (AvgIpc) is 2.47. The lowest BCUT2D eigenvalue weighted by Gasteiger charge is -2.28. The molecule has 0 aromatic heterocycles. The second kappa shape index (κ2) is 8.02. The van der Waals surface area contributed by atoms with E-state index < -0.39 is 6.10 Å². The number of benzene rings is 2. The van der Waals surface area contributed by atoms with Crippen LogP contribution in [-0.4, -0.2) is 16.2 Å². The Morgan fingerprint density at radius 3 is 2.05 bits per heavy atom. The number of nitrogens with two attached hydrogens (primary N) is 1. The molecule has 1 unspecified atom stereocenters. The molecule has 3 nitrogen and oxygen atoms in total. The van der Waals surface area contributed by atoms with Gasteiger partial charge in [-0.15, -0.1) is 12.4 Å². The predicted molar refractivity (Wildman–Crippen MR) is 84.3 cm³/mol. The highest BCUT2D eigenvalue weighted by Gasteiger charge is 2.20. The third-order valence-corrected chi connectivity index (χ3v) is 3.33. The fourth-order valence-electron chi connectivity index (χ4n) is 2.05. The predicted octanol–water partition coefficient (Wildman–Crippen LogP) is 2.91. The summed E-state index contributed by atoms with van der Waals surface area (Å²) in [6.45, 7) is 2.55. The summed E-state index contributed by atoms with van der Waals surface area (Å²) in [5, 5.41) is 12.0. The summed E-state index contributed by atoms with van der Waals surface area (Å²) in [5.74, 6) is 6.06. The molecule has 20 heavy (non-hydrogen) atoms. The average molecular weight is 293 g/mol. The summed E-state index contributed by atoms with van der Waals surface area (Å²) < 4.78 is 0. The molecule has 3 N–H and O–H groups in total. The van der Waals surface area contributed by atoms with Crippen molar-refractivity contribution in [3.8, 4) is 0 Å². The van der Waals surface area contributed by atoms with E-state index in [9.17, 15) is 5.11 Å². The molecule has 0 fully saturated rings. The molecule has 0 amide bonds. The Kier molecular flexibility index (Phi) is 6.68. The normalized spacial score (nSPS) is 13.6. The van der Waals surface area contributed by atoms with Crippen LogP contribution in [-0.2, 0) is 6.54 Å². The summed E-state index contributed by atoms with van der Waals surface area (Å²) in [7, 11) is 0. The number of hydrazine groups is 1. The van der Waals surface area contributed by atoms with E-state index in [1.165, 1.54) is 0 Å². The molecule has 4 heteroatoms. The molecule has 0 radical (unpaired) electrons. The van der Waals surface area contributed by atoms with Crippen molar-refractivity contribution < 1.29 is 5.11 Å². The zero-order chi connectivity index (χ0) is 13.7. The minimum Gasteiger partial charge on any atom is -0.387 e. The number of hydrogen-bond acceptors (Lipinski definition) is 3. The van der Waals surface area contributed by atoms with Crippen molar-refractivity contribution in [2.75, 3.05) is 0 Å². The molecule has 0 saturated carbocycles. The van der Waals surface area contributed by atoms with E-state index in [4.69, 9.17) is 5.84 Å². The number of nitrogens with zero attached hydrogens (tertiary/aromatic N) is 1. The van der Waals surface area contributed by atoms with Crippen LogP contribution in [0.25, 0.3) is 0 Å². The highest BCUT2D eigenvalue weighted by Crippen LogP contribution is 2.20. The summed E-state index contributed by atoms with van der Waals surface area (Å²) in [4.78, 5) is 0. The van der Waals surface area contributed by atoms with Crippen molar-refractivity contribution in [2.45, 2.75) is 25.6 Å². The number of aliphatic hydroxyl groups excluding tert-OH is 1. The van der Waals surface area contributed by atoms with Gasteiger partial charge in [-0.3, -0.25) is 5.84 Å². The van der Waals surface area contributed by atoms with Crippen LogP contribution in [0.3, 0.4) is 0 Å². The lowest BCUT2D eigenvalue weighted by molar-refractivity contribution is 0.0531. The fourth-order valence-corrected chi connectivity index (χ4v) is 2.05. The lowest BCUT2D eigenvalue weighted by Crippen LogP contribution is -2.42. The molecule has 2 atom stereocenters. The minimum absolute atomic E-state index is 0. The van der Waals surface area contributed by atoms with Crippen LogP contribution < -0.4 is 5.84 Å². The quantitative estimate of drug-likeness (QED) is 0.658. The maximum absolute atomic E-state index is 10.3. The van der Waals surface area contributed by atoms with Crippen LogP contribution in [0.5, 0.6) is 0 Å². The molecule has 108 valence electrons. The van der Waals surface area contributed by atoms with Gasteiger partial charge >= 0.3 is 0 Å². The van der Waals surface area contributed by atoms with E-state index in [0.717, 1.165) is 11.1 Å². The maximum atomic E-state index is 10.3. The second-order valence-electron chi connectivity index (χ2n) is 4.75. The fraction of sp³-hybridized carbons (Fsp3) is 0.250. The zero-order valence-electron chi connectivity index (χ0n) is 11.5. The summed E-state index contributed by atoms with van der Waals surface area (Å²) >= 11 is 0. The van der Waals surface area contributed by atoms with Crippen molar-refractivity contribution in [3.63, 3.8) is 0 Å². The summed E-state index contributed by atoms with van der Waals surface area (Å²) in [5.41, 5.74) is 2.02. The Hall–Kier alpha value is -1.39. The molecular formula is C16H21ClN2O. The largest absolute Gasteiger partial charge is 0.387 e. The van der Waals surface area contributed by atoms with E-state index in [-0.39, 0.29) is 18.4 Å². The molecule has 0 aliphatic rings. The van der Waals surface area contributed by atoms with E-state index in [1.807, 2.05) is 67.6 Å². The third-order valence-electron chi connectivity index (χ3n) is 3.33. The van der Waals surface area contributed by atoms with Gasteiger partial charge in [-0.2, -0.15) is 0 Å². The van der Waals surface area contributed by atoms with Gasteiger partial charge in [0.15, 0.2) is 0 Å². The van der Waals surface area contributed by atoms with Gasteiger partial charge in [0.05, 0.1) is 12.1 Å². The smallest absolute Gasteiger partial charge is 0.0956 e. The van der Waals surface area contributed by atoms with E-state index in [0.29, 0.717) is 6.54 Å². The van der Waals surface area contributed by atoms with Crippen LogP contribution in [0.2, 0.25) is 0 Å². The lowest BCUT2D eigenvalue weighted by atomic mass is 10.0. The molecule has 2 aromatic rings. The Morgan fingerprint density at radius 2 is 1.50 bits per heavy atom. The second-order valence-corrected chi connectivity index (χ2v) is 4.75. The number of hydrogen-bond donors (Lipinski definition) is 2. The van der Waals surface area contributed by atoms with Crippen LogP contribution >= 0.6 is 12.4 Å². The molecular weight excluding hydrogens is 272 g/mol. The standard InChI is InChI=1S/C16H20N2O.ClH/c1-13(16(19)15-10-6-3-7-11-15)18(17)12-14-8-4-2-5-9-14;/h2-11,13,16,19H,12,17H2,1H3;1H/t13-,16?;/m1./s1. The Bertz CT molecular complexity index is 492. The summed E-state index contributed by atoms with van der Waals surface area (Å²) in [6.07, 6.45) is -0.588. The highest BCUT2D eigenvalue weighted by atomic mass is 35.5. The van der Waals surface area contributed by atoms with Crippen LogP contribution in [0.1, 0.15) is 24.2 Å². The van der Waals surface area contributed by atoms with Crippen molar-refractivity contribution in [2.24, 2.45) is 5.84 Å². The summed E-state index contributed by atoms with van der Waals surface area (Å²) in [6, 6.07) is 19.5. The van der Waals surface area contributed by atoms with Gasteiger partial charge in [-0.25, -0.2) is 5.01 Å². The first kappa shape index (κ1) is 16.7. The van der Waals surface area contributed by atoms with Crippen LogP contribution in [0, 0.1) is 0 Å². The molecule has 0 aliphatic carbocycles. The van der Waals surface area contributed by atoms with Gasteiger partial charge in [0.2, 0.25) is 0 Å². The molecule has 0 heterocycles. The molecule has 2 aromatic carbocycles. The van der Waals surface area contributed by atoms with Crippen molar-refractivity contribution in [1.29, 1.82) is 0 Å². The molecule has 0 bridgehead atoms. The Balaban J connectivity index is 0.00000200. The van der Waals surface area contributed by atoms with Gasteiger partial charge < -0.3 is 5.11 Å². The van der Waals surface area contributed by atoms with Crippen molar-refractivity contribution >= 4 is 12.4 Å². The van der Waals surface area contributed by atoms with E-state index in [1.54, 1.807) is 5.01 Å². The molecule has 0 aliphatic heterocycles. The maximum Gasteiger partial charge on any atom is 0.0956 e. The molecule has 2 rings (SSSR count). The first-order valence-corrected chi connectivity index (χ1v) is 6.47. The first-order chi connectivity index (χ1) is 9.18. The van der Waals surface area contributed by atoms with E-state index >= 15 is 0 Å². The van der Waals surface area contributed by atoms with E-state index in [2.05, 4.69) is 0 Å². The van der Waals surface area contributed by atoms with Gasteiger partial charge in [-0.1, -0.05) is 60.7 Å². The first-order valence-electron chi connectivity index (χ1n) is 6.47. The Labute approximate surface area is 126 Å². The minimum atomic E-state index is -0.588. The highest BCUT2D eigenvalue weighted by molar-refractivity contribution is 5.85. The number of halogens is 1. The van der Waals surface area contributed by atoms with Crippen molar-refractivity contribution in [1.82, 2.24) is 5.01 Å². The Morgan fingerprint density at radius 1 is 1.00 bits per heavy atom. The molecule has 0 spiro atoms. The van der Waals surface area contributed by atoms with Crippen molar-refractivity contribution in [3.05, 3.63) is 71.8 Å². The topological polar surface area (TPSA) is 49.5 Å². The van der Waals surface area contributed by atoms with Gasteiger partial charge in [0.1, 0.15) is 0 Å². The van der Waals surface area contributed by atoms with Crippen LogP contribution in [0.4, 0.5) is 0 Å². The SMILES string of the molecule is C[C@H](C(O)c1ccccc1)N(N)Cc1ccccc1.Cl. The van der Waals surface area contributed by atoms with Crippen LogP contribution in [0.15, 0.2) is 60.7 Å². The van der Waals surface area contributed by atoms with Gasteiger partial charge in [0.25, 0.3) is 0 Å². The zero-order valence-corrected chi connectivity index (χ0v) is 12.3. The third kappa shape index (κ3) is 4.32. The van der Waals surface area contributed by atoms with Gasteiger partial charge in [-0.05, 0) is 18.1 Å². The number of rotatable bonds is 5. The number of aliphatic hydroxyl groups is 1. The molecule has 0 saturated heterocycles. The monoisotopic (exact) mass is 292 g/mol.